The number of hydrogen-bond donors (Lipinski definition) is 0. The van der Waals surface area contributed by atoms with E-state index >= 15 is 0 Å². The predicted octanol–water partition coefficient (Wildman–Crippen LogP) is 2.58. The minimum absolute atomic E-state index is 0.0769. The molecule has 17 heavy (non-hydrogen) atoms. The van der Waals surface area contributed by atoms with Crippen molar-refractivity contribution in [2.45, 2.75) is 47.0 Å². The molecule has 96 valence electrons. The van der Waals surface area contributed by atoms with Crippen LogP contribution >= 0.6 is 0 Å². The number of carbonyl (C=O) groups is 2. The van der Waals surface area contributed by atoms with Gasteiger partial charge in [-0.3, -0.25) is 9.59 Å². The van der Waals surface area contributed by atoms with Gasteiger partial charge in [-0.25, -0.2) is 0 Å². The SMILES string of the molecule is CCOC(=O)C1C(=O)CC12CCC(C)(C)C2C. The van der Waals surface area contributed by atoms with Gasteiger partial charge < -0.3 is 4.74 Å². The molecule has 0 aliphatic heterocycles. The van der Waals surface area contributed by atoms with E-state index in [9.17, 15) is 9.59 Å². The van der Waals surface area contributed by atoms with Crippen molar-refractivity contribution in [2.75, 3.05) is 6.61 Å². The Morgan fingerprint density at radius 3 is 2.47 bits per heavy atom. The highest BCUT2D eigenvalue weighted by atomic mass is 16.5. The van der Waals surface area contributed by atoms with Crippen molar-refractivity contribution in [1.29, 1.82) is 0 Å². The molecule has 0 N–H and O–H groups in total. The highest BCUT2D eigenvalue weighted by molar-refractivity contribution is 6.05. The van der Waals surface area contributed by atoms with Crippen molar-refractivity contribution in [2.24, 2.45) is 22.7 Å². The Kier molecular flexibility index (Phi) is 2.83. The topological polar surface area (TPSA) is 43.4 Å². The molecular weight excluding hydrogens is 216 g/mol. The van der Waals surface area contributed by atoms with Crippen molar-refractivity contribution in [1.82, 2.24) is 0 Å². The predicted molar refractivity (Wildman–Crippen MR) is 64.4 cm³/mol. The molecule has 3 unspecified atom stereocenters. The maximum atomic E-state index is 11.9. The van der Waals surface area contributed by atoms with Gasteiger partial charge in [0.2, 0.25) is 0 Å². The molecule has 3 heteroatoms. The lowest BCUT2D eigenvalue weighted by atomic mass is 9.52. The van der Waals surface area contributed by atoms with Gasteiger partial charge in [-0.1, -0.05) is 20.8 Å². The van der Waals surface area contributed by atoms with E-state index < -0.39 is 5.92 Å². The summed E-state index contributed by atoms with van der Waals surface area (Å²) in [5, 5.41) is 0. The van der Waals surface area contributed by atoms with E-state index in [1.165, 1.54) is 0 Å². The van der Waals surface area contributed by atoms with Crippen LogP contribution < -0.4 is 0 Å². The van der Waals surface area contributed by atoms with Gasteiger partial charge in [0.05, 0.1) is 6.61 Å². The molecule has 2 rings (SSSR count). The molecule has 0 aromatic heterocycles. The van der Waals surface area contributed by atoms with E-state index in [1.807, 2.05) is 0 Å². The second-order valence-electron chi connectivity index (χ2n) is 6.27. The summed E-state index contributed by atoms with van der Waals surface area (Å²) in [5.74, 6) is -0.303. The molecule has 0 saturated heterocycles. The third-order valence-electron chi connectivity index (χ3n) is 5.19. The Bertz CT molecular complexity index is 358. The normalized spacial score (nSPS) is 39.2. The van der Waals surface area contributed by atoms with E-state index in [4.69, 9.17) is 4.74 Å². The second kappa shape index (κ2) is 3.82. The minimum atomic E-state index is -0.487. The third kappa shape index (κ3) is 1.62. The van der Waals surface area contributed by atoms with Crippen molar-refractivity contribution in [3.8, 4) is 0 Å². The molecule has 0 aromatic rings. The Balaban J connectivity index is 2.23. The van der Waals surface area contributed by atoms with Crippen LogP contribution in [0.25, 0.3) is 0 Å². The summed E-state index contributed by atoms with van der Waals surface area (Å²) in [6.07, 6.45) is 2.65. The highest BCUT2D eigenvalue weighted by Crippen LogP contribution is 2.64. The van der Waals surface area contributed by atoms with Crippen LogP contribution in [0.3, 0.4) is 0 Å². The summed E-state index contributed by atoms with van der Waals surface area (Å²) in [6, 6.07) is 0. The average Bonchev–Trinajstić information content (AvgIpc) is 2.44. The van der Waals surface area contributed by atoms with Crippen molar-refractivity contribution >= 4 is 11.8 Å². The van der Waals surface area contributed by atoms with Crippen LogP contribution in [-0.2, 0) is 14.3 Å². The second-order valence-corrected chi connectivity index (χ2v) is 6.27. The van der Waals surface area contributed by atoms with Crippen LogP contribution in [0.1, 0.15) is 47.0 Å². The average molecular weight is 238 g/mol. The number of carbonyl (C=O) groups excluding carboxylic acids is 2. The summed E-state index contributed by atoms with van der Waals surface area (Å²) in [6.45, 7) is 8.80. The van der Waals surface area contributed by atoms with E-state index in [0.29, 0.717) is 18.9 Å². The van der Waals surface area contributed by atoms with Crippen LogP contribution in [0, 0.1) is 22.7 Å². The van der Waals surface area contributed by atoms with Gasteiger partial charge in [0, 0.05) is 11.8 Å². The zero-order valence-corrected chi connectivity index (χ0v) is 11.2. The van der Waals surface area contributed by atoms with E-state index in [0.717, 1.165) is 12.8 Å². The van der Waals surface area contributed by atoms with Gasteiger partial charge in [-0.05, 0) is 31.1 Å². The van der Waals surface area contributed by atoms with Gasteiger partial charge in [-0.2, -0.15) is 0 Å². The molecule has 2 fully saturated rings. The lowest BCUT2D eigenvalue weighted by Gasteiger charge is -2.49. The highest BCUT2D eigenvalue weighted by Gasteiger charge is 2.65. The molecule has 0 amide bonds. The number of rotatable bonds is 2. The fraction of sp³-hybridized carbons (Fsp3) is 0.857. The molecule has 1 spiro atoms. The van der Waals surface area contributed by atoms with Gasteiger partial charge in [0.1, 0.15) is 11.7 Å². The van der Waals surface area contributed by atoms with Gasteiger partial charge >= 0.3 is 5.97 Å². The first-order valence-corrected chi connectivity index (χ1v) is 6.54. The smallest absolute Gasteiger partial charge is 0.317 e. The Morgan fingerprint density at radius 1 is 1.41 bits per heavy atom. The Morgan fingerprint density at radius 2 is 2.06 bits per heavy atom. The van der Waals surface area contributed by atoms with E-state index in [1.54, 1.807) is 6.92 Å². The first kappa shape index (κ1) is 12.6. The fourth-order valence-electron chi connectivity index (χ4n) is 3.71. The van der Waals surface area contributed by atoms with Gasteiger partial charge in [0.25, 0.3) is 0 Å². The number of hydrogen-bond acceptors (Lipinski definition) is 3. The Hall–Kier alpha value is -0.860. The lowest BCUT2D eigenvalue weighted by molar-refractivity contribution is -0.171. The zero-order valence-electron chi connectivity index (χ0n) is 11.2. The third-order valence-corrected chi connectivity index (χ3v) is 5.19. The summed E-state index contributed by atoms with van der Waals surface area (Å²) in [7, 11) is 0. The maximum Gasteiger partial charge on any atom is 0.317 e. The number of Topliss-reactive ketones (excluding diaryl/α,β-unsaturated/α-hetero) is 1. The first-order chi connectivity index (χ1) is 7.85. The van der Waals surface area contributed by atoms with E-state index in [-0.39, 0.29) is 22.6 Å². The molecule has 0 radical (unpaired) electrons. The van der Waals surface area contributed by atoms with Crippen LogP contribution in [0.2, 0.25) is 0 Å². The summed E-state index contributed by atoms with van der Waals surface area (Å²) < 4.78 is 5.06. The van der Waals surface area contributed by atoms with Crippen molar-refractivity contribution in [3.05, 3.63) is 0 Å². The molecule has 0 bridgehead atoms. The molecule has 2 aliphatic rings. The van der Waals surface area contributed by atoms with Gasteiger partial charge in [0.15, 0.2) is 0 Å². The number of esters is 1. The van der Waals surface area contributed by atoms with Crippen molar-refractivity contribution in [3.63, 3.8) is 0 Å². The molecule has 3 atom stereocenters. The lowest BCUT2D eigenvalue weighted by Crippen LogP contribution is -2.55. The van der Waals surface area contributed by atoms with Crippen molar-refractivity contribution < 1.29 is 14.3 Å². The fourth-order valence-corrected chi connectivity index (χ4v) is 3.71. The maximum absolute atomic E-state index is 11.9. The molecule has 2 aliphatic carbocycles. The molecular formula is C14H22O3. The van der Waals surface area contributed by atoms with Crippen LogP contribution in [0.5, 0.6) is 0 Å². The standard InChI is InChI=1S/C14H22O3/c1-5-17-12(16)11-10(15)8-14(11)7-6-13(3,4)9(14)2/h9,11H,5-8H2,1-4H3. The van der Waals surface area contributed by atoms with Crippen LogP contribution in [-0.4, -0.2) is 18.4 Å². The molecule has 2 saturated carbocycles. The number of ketones is 1. The summed E-state index contributed by atoms with van der Waals surface area (Å²) in [4.78, 5) is 23.7. The number of ether oxygens (including phenoxy) is 1. The minimum Gasteiger partial charge on any atom is -0.465 e. The summed E-state index contributed by atoms with van der Waals surface area (Å²) >= 11 is 0. The van der Waals surface area contributed by atoms with Crippen LogP contribution in [0.15, 0.2) is 0 Å². The quantitative estimate of drug-likeness (QED) is 0.548. The summed E-state index contributed by atoms with van der Waals surface area (Å²) in [5.41, 5.74) is 0.123. The Labute approximate surface area is 103 Å². The monoisotopic (exact) mass is 238 g/mol. The molecule has 0 heterocycles. The first-order valence-electron chi connectivity index (χ1n) is 6.54. The van der Waals surface area contributed by atoms with E-state index in [2.05, 4.69) is 20.8 Å². The molecule has 0 aromatic carbocycles. The largest absolute Gasteiger partial charge is 0.465 e. The molecule has 3 nitrogen and oxygen atoms in total. The van der Waals surface area contributed by atoms with Gasteiger partial charge in [-0.15, -0.1) is 0 Å². The zero-order chi connectivity index (χ0) is 12.8. The van der Waals surface area contributed by atoms with Crippen LogP contribution in [0.4, 0.5) is 0 Å².